The van der Waals surface area contributed by atoms with Crippen molar-refractivity contribution in [2.75, 3.05) is 0 Å². The quantitative estimate of drug-likeness (QED) is 0.0845. The monoisotopic (exact) mass is 923 g/mol. The number of aliphatic hydroxyl groups is 1. The molecule has 291 valence electrons. The van der Waals surface area contributed by atoms with Crippen LogP contribution in [-0.2, 0) is 24.9 Å². The number of aromatic nitrogens is 2. The van der Waals surface area contributed by atoms with Crippen LogP contribution in [0, 0.1) is 51.7 Å². The van der Waals surface area contributed by atoms with Crippen LogP contribution in [-0.4, -0.2) is 26.8 Å². The summed E-state index contributed by atoms with van der Waals surface area (Å²) in [6.07, 6.45) is 2.50. The Bertz CT molecular complexity index is 2250. The van der Waals surface area contributed by atoms with Gasteiger partial charge in [0.2, 0.25) is 5.92 Å². The molecule has 0 saturated carbocycles. The van der Waals surface area contributed by atoms with Crippen LogP contribution in [0.3, 0.4) is 0 Å². The molecule has 7 heteroatoms. The van der Waals surface area contributed by atoms with Crippen LogP contribution in [0.25, 0.3) is 44.1 Å². The SMILES string of the molecule is CCC(CC)C(=O)/C=C(\O)C(CC)CC(C)(F)F.[2H]c1nc(-c2[c-]c(C)cc(C)c2)c2ccccc2c1[2H].[2H]c1nc(-c2[c-]c(C)cc(C)c2)c2ccccc2c1[2H].[Ir]. The first-order valence-corrected chi connectivity index (χ1v) is 18.4. The molecule has 6 aromatic rings. The van der Waals surface area contributed by atoms with E-state index in [2.05, 4.69) is 34.2 Å². The summed E-state index contributed by atoms with van der Waals surface area (Å²) in [7, 11) is 0. The average Bonchev–Trinajstić information content (AvgIpc) is 3.16. The van der Waals surface area contributed by atoms with Gasteiger partial charge in [0.25, 0.3) is 0 Å². The molecule has 2 heterocycles. The number of pyridine rings is 2. The van der Waals surface area contributed by atoms with E-state index in [1.54, 1.807) is 6.92 Å². The molecule has 0 bridgehead atoms. The predicted octanol–water partition coefficient (Wildman–Crippen LogP) is 13.1. The van der Waals surface area contributed by atoms with Crippen LogP contribution in [0.5, 0.6) is 0 Å². The van der Waals surface area contributed by atoms with Crippen molar-refractivity contribution in [2.45, 2.75) is 87.0 Å². The molecule has 1 N–H and O–H groups in total. The van der Waals surface area contributed by atoms with E-state index < -0.39 is 18.3 Å². The summed E-state index contributed by atoms with van der Waals surface area (Å²) in [5.74, 6) is -4.00. The summed E-state index contributed by atoms with van der Waals surface area (Å²) < 4.78 is 57.6. The summed E-state index contributed by atoms with van der Waals surface area (Å²) in [5.41, 5.74) is 7.60. The fourth-order valence-electron chi connectivity index (χ4n) is 6.43. The predicted molar refractivity (Wildman–Crippen MR) is 220 cm³/mol. The smallest absolute Gasteiger partial charge is 0.246 e. The summed E-state index contributed by atoms with van der Waals surface area (Å²) in [4.78, 5) is 20.4. The summed E-state index contributed by atoms with van der Waals surface area (Å²) >= 11 is 0. The van der Waals surface area contributed by atoms with Gasteiger partial charge in [-0.25, -0.2) is 8.78 Å². The second-order valence-corrected chi connectivity index (χ2v) is 13.9. The molecule has 1 atom stereocenters. The number of aryl methyl sites for hydroxylation is 4. The number of hydrogen-bond donors (Lipinski definition) is 1. The number of carbonyl (C=O) groups excluding carboxylic acids is 1. The second kappa shape index (κ2) is 20.9. The third-order valence-electron chi connectivity index (χ3n) is 9.08. The molecule has 6 rings (SSSR count). The van der Waals surface area contributed by atoms with Gasteiger partial charge in [0.15, 0.2) is 5.78 Å². The fraction of sp³-hybridized carbons (Fsp3) is 0.312. The molecular formula is C48H52F2IrN2O2-2. The molecule has 0 aliphatic carbocycles. The number of halogens is 2. The minimum atomic E-state index is -2.83. The number of alkyl halides is 2. The van der Waals surface area contributed by atoms with Crippen molar-refractivity contribution in [1.82, 2.24) is 9.97 Å². The summed E-state index contributed by atoms with van der Waals surface area (Å²) in [6, 6.07) is 30.3. The minimum Gasteiger partial charge on any atom is -0.512 e. The Morgan fingerprint density at radius 1 is 0.764 bits per heavy atom. The number of aliphatic hydroxyl groups excluding tert-OH is 1. The maximum atomic E-state index is 12.9. The molecule has 0 aliphatic heterocycles. The average molecular weight is 923 g/mol. The van der Waals surface area contributed by atoms with E-state index in [1.165, 1.54) is 0 Å². The number of benzene rings is 4. The van der Waals surface area contributed by atoms with Crippen LogP contribution in [0.1, 0.15) is 81.1 Å². The molecule has 0 fully saturated rings. The molecule has 0 saturated heterocycles. The van der Waals surface area contributed by atoms with Crippen molar-refractivity contribution in [3.63, 3.8) is 0 Å². The van der Waals surface area contributed by atoms with Crippen LogP contribution < -0.4 is 0 Å². The zero-order chi connectivity index (χ0) is 42.9. The number of carbonyl (C=O) groups is 1. The number of hydrogen-bond acceptors (Lipinski definition) is 4. The van der Waals surface area contributed by atoms with Gasteiger partial charge in [0.05, 0.1) is 11.2 Å². The maximum Gasteiger partial charge on any atom is 0.246 e. The molecule has 1 radical (unpaired) electrons. The van der Waals surface area contributed by atoms with E-state index in [1.807, 2.05) is 102 Å². The van der Waals surface area contributed by atoms with Crippen LogP contribution in [0.2, 0.25) is 0 Å². The van der Waals surface area contributed by atoms with Gasteiger partial charge in [0, 0.05) is 56.8 Å². The Morgan fingerprint density at radius 2 is 1.18 bits per heavy atom. The number of rotatable bonds is 10. The molecule has 4 aromatic carbocycles. The molecule has 0 amide bonds. The first kappa shape index (κ1) is 38.7. The van der Waals surface area contributed by atoms with Gasteiger partial charge in [-0.2, -0.15) is 0 Å². The van der Waals surface area contributed by atoms with Crippen molar-refractivity contribution in [1.29, 1.82) is 0 Å². The minimum absolute atomic E-state index is 0. The molecular weight excluding hydrogens is 867 g/mol. The molecule has 0 aliphatic rings. The van der Waals surface area contributed by atoms with E-state index >= 15 is 0 Å². The number of nitrogens with zero attached hydrogens (tertiary/aromatic N) is 2. The van der Waals surface area contributed by atoms with Crippen LogP contribution in [0.15, 0.2) is 109 Å². The van der Waals surface area contributed by atoms with Crippen LogP contribution in [0.4, 0.5) is 8.78 Å². The molecule has 1 unspecified atom stereocenters. The largest absolute Gasteiger partial charge is 0.512 e. The van der Waals surface area contributed by atoms with Crippen LogP contribution >= 0.6 is 0 Å². The Kier molecular flexibility index (Phi) is 14.7. The zero-order valence-corrected chi connectivity index (χ0v) is 35.2. The number of allylic oxidation sites excluding steroid dienone is 2. The van der Waals surface area contributed by atoms with Gasteiger partial charge in [-0.1, -0.05) is 97.0 Å². The third kappa shape index (κ3) is 13.0. The van der Waals surface area contributed by atoms with Crippen molar-refractivity contribution in [2.24, 2.45) is 11.8 Å². The van der Waals surface area contributed by atoms with Gasteiger partial charge < -0.3 is 15.1 Å². The second-order valence-electron chi connectivity index (χ2n) is 13.9. The normalized spacial score (nSPS) is 13.0. The molecule has 4 nitrogen and oxygen atoms in total. The van der Waals surface area contributed by atoms with E-state index in [9.17, 15) is 18.7 Å². The topological polar surface area (TPSA) is 63.1 Å². The zero-order valence-electron chi connectivity index (χ0n) is 36.8. The Labute approximate surface area is 345 Å². The molecule has 55 heavy (non-hydrogen) atoms. The summed E-state index contributed by atoms with van der Waals surface area (Å²) in [6.45, 7) is 14.4. The fourth-order valence-corrected chi connectivity index (χ4v) is 6.43. The van der Waals surface area contributed by atoms with Crippen molar-refractivity contribution in [3.05, 3.63) is 143 Å². The van der Waals surface area contributed by atoms with Gasteiger partial charge in [-0.15, -0.1) is 69.8 Å². The Hall–Kier alpha value is -4.58. The first-order chi connectivity index (χ1) is 27.4. The Morgan fingerprint density at radius 3 is 1.56 bits per heavy atom. The first-order valence-electron chi connectivity index (χ1n) is 20.4. The third-order valence-corrected chi connectivity index (χ3v) is 9.08. The number of ketones is 1. The van der Waals surface area contributed by atoms with Gasteiger partial charge in [0.1, 0.15) is 0 Å². The van der Waals surface area contributed by atoms with E-state index in [0.29, 0.717) is 19.3 Å². The van der Waals surface area contributed by atoms with E-state index in [-0.39, 0.29) is 62.0 Å². The maximum absolute atomic E-state index is 12.9. The van der Waals surface area contributed by atoms with Crippen molar-refractivity contribution >= 4 is 27.3 Å². The number of fused-ring (bicyclic) bond motifs is 2. The van der Waals surface area contributed by atoms with Crippen molar-refractivity contribution in [3.8, 4) is 22.5 Å². The van der Waals surface area contributed by atoms with E-state index in [0.717, 1.165) is 79.3 Å². The Balaban J connectivity index is 0.000000235. The summed E-state index contributed by atoms with van der Waals surface area (Å²) in [5, 5.41) is 13.1. The molecule has 0 spiro atoms. The van der Waals surface area contributed by atoms with E-state index in [4.69, 9.17) is 5.48 Å². The van der Waals surface area contributed by atoms with Gasteiger partial charge in [-0.05, 0) is 71.2 Å². The molecule has 2 aromatic heterocycles. The standard InChI is InChI=1S/2C17H14N.C14H24F2O2.Ir/c2*1-12-9-13(2)11-15(10-12)17-16-6-4-3-5-14(16)7-8-18-17;1-5-10(6-2)12(17)8-13(18)11(7-3)9-14(4,15)16;/h2*3-10H,1-2H3;8,10-11,18H,5-7,9H2,1-4H3;/q2*-1;;/b;;13-8-;/i2*7D,8D;;. The van der Waals surface area contributed by atoms with Crippen molar-refractivity contribution < 1.29 is 44.3 Å². The van der Waals surface area contributed by atoms with Gasteiger partial charge >= 0.3 is 0 Å². The van der Waals surface area contributed by atoms with Gasteiger partial charge in [-0.3, -0.25) is 4.79 Å².